The number of fused-ring (bicyclic) bond motifs is 22. The lowest BCUT2D eigenvalue weighted by Crippen LogP contribution is -2.44. The van der Waals surface area contributed by atoms with Gasteiger partial charge in [-0.2, -0.15) is 0 Å². The maximum atomic E-state index is 6.37. The number of hydrogen-bond donors (Lipinski definition) is 0. The standard InChI is InChI=1S/C65H45NO.C65H45NS/c2*1-63(2)54-26-12-9-22-48(54)50-38-36-47(41-59(50)63)66(46-37-39-61-53(40-46)51-24-11-16-31-60(51)67-61)45-34-32-44(33-35-45)64(42-18-5-3-6-19-42)56-28-14-15-29-57(56)65(43-20-7-4-8-21-43)55-27-13-10-23-49(55)52-25-17-30-58(64)62(52)65/h2*3-41H,1-2H3. The zero-order chi connectivity index (χ0) is 89.0. The number of thiophene rings is 1. The lowest BCUT2D eigenvalue weighted by Gasteiger charge is -2.49. The van der Waals surface area contributed by atoms with Crippen LogP contribution < -0.4 is 9.80 Å². The number of benzene rings is 20. The van der Waals surface area contributed by atoms with Crippen LogP contribution in [0.1, 0.15) is 139 Å². The molecule has 632 valence electrons. The highest BCUT2D eigenvalue weighted by atomic mass is 32.1. The third kappa shape index (κ3) is 10.6. The highest BCUT2D eigenvalue weighted by Crippen LogP contribution is 2.69. The van der Waals surface area contributed by atoms with Gasteiger partial charge in [-0.05, 0) is 253 Å². The average Bonchev–Trinajstić information content (AvgIpc) is 1.45. The van der Waals surface area contributed by atoms with Crippen LogP contribution in [0.3, 0.4) is 0 Å². The van der Waals surface area contributed by atoms with Crippen molar-refractivity contribution in [1.82, 2.24) is 0 Å². The SMILES string of the molecule is CC1(C)c2ccccc2-c2ccc(N(c3ccc(C4(c5ccccc5)c5ccccc5C5(c6ccccc6)c6ccccc6-c6cccc4c65)cc3)c3ccc4oc5ccccc5c4c3)cc21.CC1(C)c2ccccc2-c2ccc(N(c3ccc(C4(c5ccccc5)c5ccccc5C5(c6ccccc6)c6ccccc6-c6cccc4c65)cc3)c3ccc4sc5ccccc5c4c3)cc21. The monoisotopic (exact) mass is 1730 g/mol. The van der Waals surface area contributed by atoms with E-state index in [1.54, 1.807) is 0 Å². The summed E-state index contributed by atoms with van der Waals surface area (Å²) < 4.78 is 8.99. The fourth-order valence-corrected chi connectivity index (χ4v) is 26.8. The normalized spacial score (nSPS) is 17.9. The van der Waals surface area contributed by atoms with Crippen molar-refractivity contribution in [3.05, 3.63) is 584 Å². The number of furan rings is 1. The molecule has 0 N–H and O–H groups in total. The molecule has 20 aromatic carbocycles. The highest BCUT2D eigenvalue weighted by molar-refractivity contribution is 7.25. The van der Waals surface area contributed by atoms with Crippen molar-refractivity contribution in [2.75, 3.05) is 9.80 Å². The van der Waals surface area contributed by atoms with E-state index in [9.17, 15) is 0 Å². The van der Waals surface area contributed by atoms with Crippen LogP contribution in [0.2, 0.25) is 0 Å². The molecule has 28 rings (SSSR count). The predicted molar refractivity (Wildman–Crippen MR) is 556 cm³/mol. The molecule has 4 atom stereocenters. The minimum atomic E-state index is -0.634. The summed E-state index contributed by atoms with van der Waals surface area (Å²) in [6.07, 6.45) is 0. The van der Waals surface area contributed by atoms with Gasteiger partial charge in [-0.1, -0.05) is 404 Å². The molecule has 0 bridgehead atoms. The molecule has 6 aliphatic carbocycles. The Kier molecular flexibility index (Phi) is 17.0. The molecule has 0 fully saturated rings. The Bertz CT molecular complexity index is 8080. The van der Waals surface area contributed by atoms with Gasteiger partial charge in [-0.25, -0.2) is 0 Å². The summed E-state index contributed by atoms with van der Waals surface area (Å²) in [6.45, 7) is 9.47. The summed E-state index contributed by atoms with van der Waals surface area (Å²) in [7, 11) is 0. The molecule has 0 amide bonds. The lowest BCUT2D eigenvalue weighted by atomic mass is 9.52. The summed E-state index contributed by atoms with van der Waals surface area (Å²) in [5, 5.41) is 4.81. The molecule has 4 heteroatoms. The summed E-state index contributed by atoms with van der Waals surface area (Å²) in [5.74, 6) is 0. The number of nitrogens with zero attached hydrogens (tertiary/aromatic N) is 2. The van der Waals surface area contributed by atoms with Crippen LogP contribution >= 0.6 is 11.3 Å². The minimum absolute atomic E-state index is 0.133. The molecule has 0 spiro atoms. The van der Waals surface area contributed by atoms with E-state index >= 15 is 0 Å². The maximum Gasteiger partial charge on any atom is 0.135 e. The molecule has 2 aromatic heterocycles. The summed E-state index contributed by atoms with van der Waals surface area (Å²) in [4.78, 5) is 4.92. The van der Waals surface area contributed by atoms with Crippen LogP contribution in [0.15, 0.2) is 478 Å². The Labute approximate surface area is 785 Å². The van der Waals surface area contributed by atoms with E-state index in [1.165, 1.54) is 176 Å². The molecule has 6 aliphatic rings. The van der Waals surface area contributed by atoms with Gasteiger partial charge in [0.2, 0.25) is 0 Å². The van der Waals surface area contributed by atoms with Crippen molar-refractivity contribution in [3.8, 4) is 44.5 Å². The van der Waals surface area contributed by atoms with Gasteiger partial charge in [0.1, 0.15) is 11.2 Å². The van der Waals surface area contributed by atoms with Crippen LogP contribution in [-0.4, -0.2) is 0 Å². The Morgan fingerprint density at radius 3 is 0.925 bits per heavy atom. The van der Waals surface area contributed by atoms with Gasteiger partial charge >= 0.3 is 0 Å². The zero-order valence-electron chi connectivity index (χ0n) is 74.7. The second-order valence-corrected chi connectivity index (χ2v) is 39.3. The maximum absolute atomic E-state index is 6.37. The van der Waals surface area contributed by atoms with Gasteiger partial charge < -0.3 is 14.2 Å². The zero-order valence-corrected chi connectivity index (χ0v) is 75.6. The number of para-hydroxylation sites is 1. The quantitative estimate of drug-likeness (QED) is 0.122. The molecule has 4 unspecified atom stereocenters. The molecule has 134 heavy (non-hydrogen) atoms. The smallest absolute Gasteiger partial charge is 0.135 e. The van der Waals surface area contributed by atoms with Gasteiger partial charge in [0, 0.05) is 75.9 Å². The van der Waals surface area contributed by atoms with Crippen LogP contribution in [-0.2, 0) is 32.5 Å². The van der Waals surface area contributed by atoms with E-state index in [-0.39, 0.29) is 10.8 Å². The van der Waals surface area contributed by atoms with E-state index in [4.69, 9.17) is 4.42 Å². The number of anilines is 6. The van der Waals surface area contributed by atoms with Gasteiger partial charge in [0.25, 0.3) is 0 Å². The van der Waals surface area contributed by atoms with Gasteiger partial charge in [0.15, 0.2) is 0 Å². The highest BCUT2D eigenvalue weighted by Gasteiger charge is 2.60. The van der Waals surface area contributed by atoms with E-state index in [1.807, 2.05) is 17.4 Å². The van der Waals surface area contributed by atoms with Crippen molar-refractivity contribution < 1.29 is 4.42 Å². The van der Waals surface area contributed by atoms with Crippen LogP contribution in [0.4, 0.5) is 34.1 Å². The van der Waals surface area contributed by atoms with Crippen molar-refractivity contribution >= 4 is 87.6 Å². The fourth-order valence-electron chi connectivity index (χ4n) is 25.7. The molecule has 3 nitrogen and oxygen atoms in total. The molecular formula is C130H90N2OS. The first-order valence-corrected chi connectivity index (χ1v) is 47.8. The molecule has 0 aliphatic heterocycles. The minimum Gasteiger partial charge on any atom is -0.456 e. The van der Waals surface area contributed by atoms with Crippen molar-refractivity contribution in [2.45, 2.75) is 60.2 Å². The summed E-state index contributed by atoms with van der Waals surface area (Å²) in [6, 6.07) is 178. The number of rotatable bonds is 12. The second-order valence-electron chi connectivity index (χ2n) is 38.2. The van der Waals surface area contributed by atoms with Gasteiger partial charge in [-0.15, -0.1) is 11.3 Å². The van der Waals surface area contributed by atoms with E-state index in [0.717, 1.165) is 56.1 Å². The molecule has 0 saturated carbocycles. The van der Waals surface area contributed by atoms with Crippen LogP contribution in [0, 0.1) is 0 Å². The number of hydrogen-bond acceptors (Lipinski definition) is 4. The summed E-state index contributed by atoms with van der Waals surface area (Å²) in [5.41, 5.74) is 42.8. The van der Waals surface area contributed by atoms with Crippen LogP contribution in [0.5, 0.6) is 0 Å². The van der Waals surface area contributed by atoms with Crippen LogP contribution in [0.25, 0.3) is 86.6 Å². The van der Waals surface area contributed by atoms with Crippen molar-refractivity contribution in [1.29, 1.82) is 0 Å². The fraction of sp³-hybridized carbons (Fsp3) is 0.0769. The first-order chi connectivity index (χ1) is 66.0. The van der Waals surface area contributed by atoms with E-state index < -0.39 is 21.7 Å². The van der Waals surface area contributed by atoms with Crippen molar-refractivity contribution in [2.24, 2.45) is 0 Å². The van der Waals surface area contributed by atoms with E-state index in [2.05, 4.69) is 505 Å². The summed E-state index contributed by atoms with van der Waals surface area (Å²) >= 11 is 1.87. The predicted octanol–water partition coefficient (Wildman–Crippen LogP) is 33.3. The average molecular weight is 1730 g/mol. The largest absolute Gasteiger partial charge is 0.456 e. The van der Waals surface area contributed by atoms with E-state index in [0.29, 0.717) is 0 Å². The Balaban J connectivity index is 0.000000136. The second kappa shape index (κ2) is 29.3. The Hall–Kier alpha value is -16.0. The third-order valence-corrected chi connectivity index (χ3v) is 32.4. The topological polar surface area (TPSA) is 19.6 Å². The molecule has 2 heterocycles. The Morgan fingerprint density at radius 1 is 0.179 bits per heavy atom. The molecular weight excluding hydrogens is 1640 g/mol. The molecule has 22 aromatic rings. The van der Waals surface area contributed by atoms with Gasteiger partial charge in [-0.3, -0.25) is 0 Å². The first-order valence-electron chi connectivity index (χ1n) is 47.0. The Morgan fingerprint density at radius 2 is 0.470 bits per heavy atom. The third-order valence-electron chi connectivity index (χ3n) is 31.2. The van der Waals surface area contributed by atoms with Crippen molar-refractivity contribution in [3.63, 3.8) is 0 Å². The van der Waals surface area contributed by atoms with Gasteiger partial charge in [0.05, 0.1) is 21.7 Å². The lowest BCUT2D eigenvalue weighted by molar-refractivity contribution is 0.626. The molecule has 0 saturated heterocycles. The first kappa shape index (κ1) is 77.9. The molecule has 0 radical (unpaired) electrons.